The zero-order valence-electron chi connectivity index (χ0n) is 15.5. The van der Waals surface area contributed by atoms with Crippen LogP contribution in [0.4, 0.5) is 0 Å². The Balaban J connectivity index is 1.85. The summed E-state index contributed by atoms with van der Waals surface area (Å²) in [5.41, 5.74) is 2.22. The summed E-state index contributed by atoms with van der Waals surface area (Å²) in [6.07, 6.45) is 7.37. The number of amides is 1. The van der Waals surface area contributed by atoms with Crippen LogP contribution in [0.3, 0.4) is 0 Å². The number of nitrogens with one attached hydrogen (secondary N) is 2. The molecule has 2 rings (SSSR count). The number of ether oxygens (including phenoxy) is 1. The van der Waals surface area contributed by atoms with Crippen molar-refractivity contribution in [1.82, 2.24) is 15.8 Å². The van der Waals surface area contributed by atoms with E-state index in [1.165, 1.54) is 17.6 Å². The minimum atomic E-state index is -0.788. The maximum absolute atomic E-state index is 12.4. The first-order valence-electron chi connectivity index (χ1n) is 8.83. The monoisotopic (exact) mass is 361 g/mol. The SMILES string of the molecule is CC1CCC(OC(=O)C(C)(C)NCc2ccc(/C=C/C(=O)NO)nc2)C1. The van der Waals surface area contributed by atoms with Crippen molar-refractivity contribution in [2.24, 2.45) is 5.92 Å². The van der Waals surface area contributed by atoms with Crippen LogP contribution in [-0.4, -0.2) is 33.7 Å². The molecule has 0 bridgehead atoms. The molecular formula is C19H27N3O4. The average molecular weight is 361 g/mol. The normalized spacial score (nSPS) is 20.3. The van der Waals surface area contributed by atoms with Gasteiger partial charge in [-0.2, -0.15) is 0 Å². The van der Waals surface area contributed by atoms with E-state index in [2.05, 4.69) is 17.2 Å². The van der Waals surface area contributed by atoms with Crippen molar-refractivity contribution < 1.29 is 19.5 Å². The molecule has 1 aliphatic carbocycles. The first-order valence-corrected chi connectivity index (χ1v) is 8.83. The molecule has 0 spiro atoms. The summed E-state index contributed by atoms with van der Waals surface area (Å²) in [6.45, 7) is 6.27. The lowest BCUT2D eigenvalue weighted by Crippen LogP contribution is -2.48. The maximum Gasteiger partial charge on any atom is 0.326 e. The Hall–Kier alpha value is -2.25. The van der Waals surface area contributed by atoms with Gasteiger partial charge in [0.15, 0.2) is 0 Å². The molecule has 1 aromatic heterocycles. The fourth-order valence-electron chi connectivity index (χ4n) is 2.79. The van der Waals surface area contributed by atoms with Gasteiger partial charge in [-0.1, -0.05) is 13.0 Å². The van der Waals surface area contributed by atoms with E-state index in [0.29, 0.717) is 18.2 Å². The quantitative estimate of drug-likeness (QED) is 0.298. The highest BCUT2D eigenvalue weighted by Crippen LogP contribution is 2.28. The number of hydroxylamine groups is 1. The second-order valence-corrected chi connectivity index (χ2v) is 7.32. The average Bonchev–Trinajstić information content (AvgIpc) is 3.03. The summed E-state index contributed by atoms with van der Waals surface area (Å²) < 4.78 is 5.63. The van der Waals surface area contributed by atoms with Gasteiger partial charge in [0, 0.05) is 18.8 Å². The van der Waals surface area contributed by atoms with Gasteiger partial charge in [0.25, 0.3) is 5.91 Å². The standard InChI is InChI=1S/C19H27N3O4/c1-13-4-8-16(10-13)26-18(24)19(2,3)21-12-14-5-6-15(20-11-14)7-9-17(23)22-25/h5-7,9,11,13,16,21,25H,4,8,10,12H2,1-3H3,(H,22,23)/b9-7+. The van der Waals surface area contributed by atoms with Gasteiger partial charge < -0.3 is 4.74 Å². The molecule has 0 aliphatic heterocycles. The molecule has 0 radical (unpaired) electrons. The molecule has 2 atom stereocenters. The highest BCUT2D eigenvalue weighted by Gasteiger charge is 2.33. The number of hydrogen-bond donors (Lipinski definition) is 3. The van der Waals surface area contributed by atoms with E-state index in [-0.39, 0.29) is 12.1 Å². The Morgan fingerprint density at radius 2 is 2.15 bits per heavy atom. The topological polar surface area (TPSA) is 101 Å². The van der Waals surface area contributed by atoms with Crippen molar-refractivity contribution in [2.45, 2.75) is 58.2 Å². The Labute approximate surface area is 153 Å². The first-order chi connectivity index (χ1) is 12.3. The summed E-state index contributed by atoms with van der Waals surface area (Å²) in [5, 5.41) is 11.6. The molecule has 26 heavy (non-hydrogen) atoms. The van der Waals surface area contributed by atoms with Crippen LogP contribution < -0.4 is 10.8 Å². The van der Waals surface area contributed by atoms with E-state index in [1.54, 1.807) is 12.3 Å². The number of carbonyl (C=O) groups is 2. The molecule has 1 fully saturated rings. The lowest BCUT2D eigenvalue weighted by atomic mass is 10.1. The zero-order chi connectivity index (χ0) is 19.2. The van der Waals surface area contributed by atoms with Crippen molar-refractivity contribution >= 4 is 18.0 Å². The molecule has 0 aromatic carbocycles. The van der Waals surface area contributed by atoms with Gasteiger partial charge in [0.2, 0.25) is 0 Å². The lowest BCUT2D eigenvalue weighted by molar-refractivity contribution is -0.155. The van der Waals surface area contributed by atoms with Crippen LogP contribution in [0, 0.1) is 5.92 Å². The number of rotatable bonds is 7. The first kappa shape index (κ1) is 20.1. The van der Waals surface area contributed by atoms with Crippen LogP contribution in [0.5, 0.6) is 0 Å². The van der Waals surface area contributed by atoms with Crippen molar-refractivity contribution in [3.05, 3.63) is 35.7 Å². The fraction of sp³-hybridized carbons (Fsp3) is 0.526. The van der Waals surface area contributed by atoms with Gasteiger partial charge in [-0.3, -0.25) is 25.1 Å². The van der Waals surface area contributed by atoms with Gasteiger partial charge in [0.1, 0.15) is 11.6 Å². The number of aromatic nitrogens is 1. The predicted molar refractivity (Wildman–Crippen MR) is 97.0 cm³/mol. The number of carbonyl (C=O) groups excluding carboxylic acids is 2. The summed E-state index contributed by atoms with van der Waals surface area (Å²) >= 11 is 0. The van der Waals surface area contributed by atoms with Crippen molar-refractivity contribution in [2.75, 3.05) is 0 Å². The van der Waals surface area contributed by atoms with Crippen LogP contribution in [0.25, 0.3) is 6.08 Å². The minimum absolute atomic E-state index is 0.0300. The molecule has 1 amide bonds. The van der Waals surface area contributed by atoms with Gasteiger partial charge in [0.05, 0.1) is 5.69 Å². The third-order valence-corrected chi connectivity index (χ3v) is 4.53. The number of hydrogen-bond acceptors (Lipinski definition) is 6. The molecule has 1 heterocycles. The molecule has 142 valence electrons. The molecule has 1 aromatic rings. The second-order valence-electron chi connectivity index (χ2n) is 7.32. The second kappa shape index (κ2) is 8.91. The smallest absolute Gasteiger partial charge is 0.326 e. The number of esters is 1. The highest BCUT2D eigenvalue weighted by atomic mass is 16.5. The third-order valence-electron chi connectivity index (χ3n) is 4.53. The largest absolute Gasteiger partial charge is 0.461 e. The van der Waals surface area contributed by atoms with E-state index in [4.69, 9.17) is 9.94 Å². The van der Waals surface area contributed by atoms with E-state index < -0.39 is 11.4 Å². The van der Waals surface area contributed by atoms with Gasteiger partial charge >= 0.3 is 5.97 Å². The third kappa shape index (κ3) is 5.93. The molecule has 1 saturated carbocycles. The molecule has 2 unspecified atom stereocenters. The summed E-state index contributed by atoms with van der Waals surface area (Å²) in [4.78, 5) is 27.6. The van der Waals surface area contributed by atoms with Gasteiger partial charge in [-0.05, 0) is 56.7 Å². The lowest BCUT2D eigenvalue weighted by Gasteiger charge is -2.26. The number of pyridine rings is 1. The fourth-order valence-corrected chi connectivity index (χ4v) is 2.79. The number of nitrogens with zero attached hydrogens (tertiary/aromatic N) is 1. The van der Waals surface area contributed by atoms with Crippen LogP contribution in [0.15, 0.2) is 24.4 Å². The van der Waals surface area contributed by atoms with Crippen molar-refractivity contribution in [3.8, 4) is 0 Å². The molecule has 3 N–H and O–H groups in total. The zero-order valence-corrected chi connectivity index (χ0v) is 15.5. The minimum Gasteiger partial charge on any atom is -0.461 e. The van der Waals surface area contributed by atoms with Crippen LogP contribution in [-0.2, 0) is 20.9 Å². The molecule has 1 aliphatic rings. The Kier molecular flexibility index (Phi) is 6.88. The molecule has 7 nitrogen and oxygen atoms in total. The van der Waals surface area contributed by atoms with E-state index in [1.807, 2.05) is 19.9 Å². The Morgan fingerprint density at radius 1 is 1.38 bits per heavy atom. The van der Waals surface area contributed by atoms with Crippen molar-refractivity contribution in [1.29, 1.82) is 0 Å². The maximum atomic E-state index is 12.4. The highest BCUT2D eigenvalue weighted by molar-refractivity contribution is 5.90. The summed E-state index contributed by atoms with van der Waals surface area (Å²) in [7, 11) is 0. The summed E-state index contributed by atoms with van der Waals surface area (Å²) in [5.74, 6) is -0.237. The van der Waals surface area contributed by atoms with E-state index >= 15 is 0 Å². The molecular weight excluding hydrogens is 334 g/mol. The Bertz CT molecular complexity index is 655. The van der Waals surface area contributed by atoms with Crippen LogP contribution in [0.1, 0.15) is 51.3 Å². The molecule has 0 saturated heterocycles. The van der Waals surface area contributed by atoms with Gasteiger partial charge in [-0.25, -0.2) is 5.48 Å². The predicted octanol–water partition coefficient (Wildman–Crippen LogP) is 2.20. The van der Waals surface area contributed by atoms with Crippen LogP contribution >= 0.6 is 0 Å². The molecule has 7 heteroatoms. The summed E-state index contributed by atoms with van der Waals surface area (Å²) in [6, 6.07) is 3.61. The van der Waals surface area contributed by atoms with Gasteiger partial charge in [-0.15, -0.1) is 0 Å². The van der Waals surface area contributed by atoms with Crippen LogP contribution in [0.2, 0.25) is 0 Å². The van der Waals surface area contributed by atoms with E-state index in [9.17, 15) is 9.59 Å². The van der Waals surface area contributed by atoms with E-state index in [0.717, 1.165) is 24.8 Å². The van der Waals surface area contributed by atoms with Crippen molar-refractivity contribution in [3.63, 3.8) is 0 Å². The Morgan fingerprint density at radius 3 is 2.73 bits per heavy atom.